The van der Waals surface area contributed by atoms with Crippen LogP contribution in [0.2, 0.25) is 0 Å². The van der Waals surface area contributed by atoms with Crippen LogP contribution >= 0.6 is 0 Å². The van der Waals surface area contributed by atoms with Crippen molar-refractivity contribution in [2.24, 2.45) is 0 Å². The maximum Gasteiger partial charge on any atom is 0.407 e. The number of ether oxygens (including phenoxy) is 2. The Balaban J connectivity index is 2.01. The molecule has 1 aromatic rings. The molecule has 0 fully saturated rings. The van der Waals surface area contributed by atoms with Gasteiger partial charge in [0.05, 0.1) is 0 Å². The second-order valence-electron chi connectivity index (χ2n) is 3.79. The Morgan fingerprint density at radius 2 is 1.95 bits per heavy atom. The number of amides is 1. The van der Waals surface area contributed by atoms with Gasteiger partial charge in [-0.1, -0.05) is 30.3 Å². The van der Waals surface area contributed by atoms with E-state index in [-0.39, 0.29) is 19.8 Å². The Kier molecular flexibility index (Phi) is 7.04. The molecular formula is C13H17NO5. The molecule has 104 valence electrons. The molecule has 0 heterocycles. The molecular weight excluding hydrogens is 250 g/mol. The minimum atomic E-state index is -1.00. The van der Waals surface area contributed by atoms with Gasteiger partial charge in [0.25, 0.3) is 0 Å². The van der Waals surface area contributed by atoms with E-state index in [2.05, 4.69) is 5.32 Å². The van der Waals surface area contributed by atoms with E-state index in [1.807, 2.05) is 30.3 Å². The van der Waals surface area contributed by atoms with E-state index in [0.717, 1.165) is 5.56 Å². The highest BCUT2D eigenvalue weighted by atomic mass is 16.5. The summed E-state index contributed by atoms with van der Waals surface area (Å²) in [6.07, 6.45) is 0.0374. The first-order chi connectivity index (χ1) is 9.18. The Morgan fingerprint density at radius 3 is 2.63 bits per heavy atom. The van der Waals surface area contributed by atoms with Crippen LogP contribution in [0.4, 0.5) is 4.79 Å². The summed E-state index contributed by atoms with van der Waals surface area (Å²) in [4.78, 5) is 21.4. The molecule has 0 aliphatic rings. The van der Waals surface area contributed by atoms with Gasteiger partial charge in [0.15, 0.2) is 0 Å². The Morgan fingerprint density at radius 1 is 1.21 bits per heavy atom. The number of carboxylic acid groups (broad SMARTS) is 1. The SMILES string of the molecule is O=C(O)COCCCNC(=O)OCc1ccccc1. The summed E-state index contributed by atoms with van der Waals surface area (Å²) in [5, 5.41) is 10.9. The zero-order valence-corrected chi connectivity index (χ0v) is 10.5. The fraction of sp³-hybridized carbons (Fsp3) is 0.385. The second kappa shape index (κ2) is 8.93. The van der Waals surface area contributed by atoms with E-state index in [0.29, 0.717) is 13.0 Å². The number of carbonyl (C=O) groups is 2. The Hall–Kier alpha value is -2.08. The van der Waals surface area contributed by atoms with E-state index in [1.54, 1.807) is 0 Å². The first kappa shape index (κ1) is 15.0. The monoisotopic (exact) mass is 267 g/mol. The number of carboxylic acids is 1. The van der Waals surface area contributed by atoms with Crippen LogP contribution in [0.15, 0.2) is 30.3 Å². The molecule has 1 rings (SSSR count). The fourth-order valence-electron chi connectivity index (χ4n) is 1.30. The topological polar surface area (TPSA) is 84.9 Å². The van der Waals surface area contributed by atoms with Crippen molar-refractivity contribution in [3.05, 3.63) is 35.9 Å². The van der Waals surface area contributed by atoms with E-state index in [1.165, 1.54) is 0 Å². The van der Waals surface area contributed by atoms with Crippen LogP contribution in [0.3, 0.4) is 0 Å². The minimum Gasteiger partial charge on any atom is -0.480 e. The molecule has 2 N–H and O–H groups in total. The van der Waals surface area contributed by atoms with Crippen LogP contribution in [0, 0.1) is 0 Å². The largest absolute Gasteiger partial charge is 0.480 e. The first-order valence-electron chi connectivity index (χ1n) is 5.92. The lowest BCUT2D eigenvalue weighted by Gasteiger charge is -2.07. The molecule has 0 aliphatic heterocycles. The minimum absolute atomic E-state index is 0.224. The van der Waals surface area contributed by atoms with Crippen LogP contribution in [-0.2, 0) is 20.9 Å². The van der Waals surface area contributed by atoms with Crippen LogP contribution in [0.25, 0.3) is 0 Å². The smallest absolute Gasteiger partial charge is 0.407 e. The lowest BCUT2D eigenvalue weighted by molar-refractivity contribution is -0.142. The maximum absolute atomic E-state index is 11.3. The van der Waals surface area contributed by atoms with Gasteiger partial charge < -0.3 is 19.9 Å². The van der Waals surface area contributed by atoms with E-state index >= 15 is 0 Å². The van der Waals surface area contributed by atoms with Crippen molar-refractivity contribution in [3.63, 3.8) is 0 Å². The summed E-state index contributed by atoms with van der Waals surface area (Å²) in [6, 6.07) is 9.37. The lowest BCUT2D eigenvalue weighted by Crippen LogP contribution is -2.26. The normalized spacial score (nSPS) is 9.89. The number of hydrogen-bond acceptors (Lipinski definition) is 4. The summed E-state index contributed by atoms with van der Waals surface area (Å²) in [6.45, 7) is 0.569. The predicted molar refractivity (Wildman–Crippen MR) is 67.7 cm³/mol. The van der Waals surface area contributed by atoms with Gasteiger partial charge in [-0.15, -0.1) is 0 Å². The van der Waals surface area contributed by atoms with Crippen LogP contribution in [-0.4, -0.2) is 36.9 Å². The molecule has 19 heavy (non-hydrogen) atoms. The van der Waals surface area contributed by atoms with E-state index in [9.17, 15) is 9.59 Å². The molecule has 0 aliphatic carbocycles. The average molecular weight is 267 g/mol. The van der Waals surface area contributed by atoms with Gasteiger partial charge in [0, 0.05) is 13.2 Å². The van der Waals surface area contributed by atoms with E-state index in [4.69, 9.17) is 14.6 Å². The number of aliphatic carboxylic acids is 1. The van der Waals surface area contributed by atoms with Gasteiger partial charge >= 0.3 is 12.1 Å². The molecule has 0 saturated heterocycles. The zero-order chi connectivity index (χ0) is 13.9. The number of carbonyl (C=O) groups excluding carboxylic acids is 1. The molecule has 6 heteroatoms. The third-order valence-electron chi connectivity index (χ3n) is 2.17. The standard InChI is InChI=1S/C13H17NO5/c15-12(16)10-18-8-4-7-14-13(17)19-9-11-5-2-1-3-6-11/h1-3,5-6H,4,7-10H2,(H,14,17)(H,15,16). The third-order valence-corrected chi connectivity index (χ3v) is 2.17. The predicted octanol–water partition coefficient (Wildman–Crippen LogP) is 1.40. The van der Waals surface area contributed by atoms with Crippen molar-refractivity contribution in [2.45, 2.75) is 13.0 Å². The molecule has 6 nitrogen and oxygen atoms in total. The molecule has 0 radical (unpaired) electrons. The number of alkyl carbamates (subject to hydrolysis) is 1. The molecule has 0 bridgehead atoms. The lowest BCUT2D eigenvalue weighted by atomic mass is 10.2. The van der Waals surface area contributed by atoms with Crippen molar-refractivity contribution < 1.29 is 24.2 Å². The highest BCUT2D eigenvalue weighted by Gasteiger charge is 2.02. The number of benzene rings is 1. The van der Waals surface area contributed by atoms with Crippen molar-refractivity contribution in [1.82, 2.24) is 5.32 Å². The third kappa shape index (κ3) is 7.77. The number of nitrogens with one attached hydrogen (secondary N) is 1. The van der Waals surface area contributed by atoms with Crippen molar-refractivity contribution in [1.29, 1.82) is 0 Å². The first-order valence-corrected chi connectivity index (χ1v) is 5.92. The van der Waals surface area contributed by atoms with Gasteiger partial charge in [0.2, 0.25) is 0 Å². The van der Waals surface area contributed by atoms with Crippen molar-refractivity contribution >= 4 is 12.1 Å². The molecule has 1 aromatic carbocycles. The van der Waals surface area contributed by atoms with Crippen molar-refractivity contribution in [3.8, 4) is 0 Å². The number of hydrogen-bond donors (Lipinski definition) is 2. The van der Waals surface area contributed by atoms with Crippen molar-refractivity contribution in [2.75, 3.05) is 19.8 Å². The summed E-state index contributed by atoms with van der Waals surface area (Å²) < 4.78 is 9.80. The summed E-state index contributed by atoms with van der Waals surface area (Å²) in [7, 11) is 0. The highest BCUT2D eigenvalue weighted by molar-refractivity contribution is 5.68. The molecule has 0 saturated carbocycles. The molecule has 0 atom stereocenters. The summed E-state index contributed by atoms with van der Waals surface area (Å²) in [5.41, 5.74) is 0.919. The Labute approximate surface area is 111 Å². The van der Waals surface area contributed by atoms with Gasteiger partial charge in [-0.2, -0.15) is 0 Å². The van der Waals surface area contributed by atoms with Crippen LogP contribution < -0.4 is 5.32 Å². The van der Waals surface area contributed by atoms with Gasteiger partial charge in [-0.25, -0.2) is 9.59 Å². The van der Waals surface area contributed by atoms with Crippen LogP contribution in [0.5, 0.6) is 0 Å². The summed E-state index contributed by atoms with van der Waals surface area (Å²) in [5.74, 6) is -1.00. The second-order valence-corrected chi connectivity index (χ2v) is 3.79. The van der Waals surface area contributed by atoms with Gasteiger partial charge in [-0.05, 0) is 12.0 Å². The highest BCUT2D eigenvalue weighted by Crippen LogP contribution is 2.00. The molecule has 0 spiro atoms. The maximum atomic E-state index is 11.3. The molecule has 0 aromatic heterocycles. The van der Waals surface area contributed by atoms with Crippen LogP contribution in [0.1, 0.15) is 12.0 Å². The fourth-order valence-corrected chi connectivity index (χ4v) is 1.30. The quantitative estimate of drug-likeness (QED) is 0.695. The molecule has 1 amide bonds. The van der Waals surface area contributed by atoms with Gasteiger partial charge in [0.1, 0.15) is 13.2 Å². The summed E-state index contributed by atoms with van der Waals surface area (Å²) >= 11 is 0. The zero-order valence-electron chi connectivity index (χ0n) is 10.5. The van der Waals surface area contributed by atoms with Gasteiger partial charge in [-0.3, -0.25) is 0 Å². The van der Waals surface area contributed by atoms with E-state index < -0.39 is 12.1 Å². The molecule has 0 unspecified atom stereocenters. The average Bonchev–Trinajstić information content (AvgIpc) is 2.41. The number of rotatable bonds is 8. The Bertz CT molecular complexity index is 393.